The molecule has 0 unspecified atom stereocenters. The third-order valence-corrected chi connectivity index (χ3v) is 4.93. The molecule has 0 aliphatic heterocycles. The van der Waals surface area contributed by atoms with Crippen molar-refractivity contribution >= 4 is 46.0 Å². The molecule has 0 atom stereocenters. The summed E-state index contributed by atoms with van der Waals surface area (Å²) in [5.74, 6) is 0.956. The molecule has 5 nitrogen and oxygen atoms in total. The van der Waals surface area contributed by atoms with Crippen LogP contribution in [0, 0.1) is 0 Å². The van der Waals surface area contributed by atoms with Gasteiger partial charge in [0, 0.05) is 28.2 Å². The summed E-state index contributed by atoms with van der Waals surface area (Å²) in [5, 5.41) is 11.8. The molecule has 3 N–H and O–H groups in total. The number of hydrogen-bond donors (Lipinski definition) is 2. The van der Waals surface area contributed by atoms with Crippen LogP contribution in [0.25, 0.3) is 11.4 Å². The van der Waals surface area contributed by atoms with Gasteiger partial charge in [0.25, 0.3) is 0 Å². The zero-order valence-corrected chi connectivity index (χ0v) is 18.7. The summed E-state index contributed by atoms with van der Waals surface area (Å²) in [5.41, 5.74) is 8.02. The Labute approximate surface area is 170 Å². The second-order valence-corrected chi connectivity index (χ2v) is 9.53. The van der Waals surface area contributed by atoms with E-state index in [1.165, 1.54) is 23.3 Å². The van der Waals surface area contributed by atoms with Gasteiger partial charge >= 0.3 is 0 Å². The minimum atomic E-state index is -0.194. The predicted octanol–water partition coefficient (Wildman–Crippen LogP) is 5.24. The van der Waals surface area contributed by atoms with E-state index in [1.807, 2.05) is 18.4 Å². The highest BCUT2D eigenvalue weighted by Crippen LogP contribution is 2.41. The summed E-state index contributed by atoms with van der Waals surface area (Å²) in [6, 6.07) is 3.94. The lowest BCUT2D eigenvalue weighted by atomic mass is 9.78. The van der Waals surface area contributed by atoms with Gasteiger partial charge in [-0.2, -0.15) is 14.3 Å². The minimum Gasteiger partial charge on any atom is -0.507 e. The number of benzene rings is 1. The molecule has 26 heavy (non-hydrogen) atoms. The van der Waals surface area contributed by atoms with E-state index in [9.17, 15) is 5.11 Å². The zero-order valence-electron chi connectivity index (χ0n) is 16.2. The van der Waals surface area contributed by atoms with E-state index in [0.29, 0.717) is 21.9 Å². The Bertz CT molecular complexity index is 769. The van der Waals surface area contributed by atoms with Crippen molar-refractivity contribution < 1.29 is 5.11 Å². The van der Waals surface area contributed by atoms with Crippen molar-refractivity contribution in [2.75, 3.05) is 6.26 Å². The van der Waals surface area contributed by atoms with Crippen molar-refractivity contribution in [2.45, 2.75) is 52.4 Å². The Kier molecular flexibility index (Phi) is 7.12. The lowest BCUT2D eigenvalue weighted by molar-refractivity contribution is 0.423. The van der Waals surface area contributed by atoms with E-state index >= 15 is 0 Å². The summed E-state index contributed by atoms with van der Waals surface area (Å²) in [6.45, 7) is 12.5. The van der Waals surface area contributed by atoms with Crippen LogP contribution in [0.4, 0.5) is 5.13 Å². The third-order valence-electron chi connectivity index (χ3n) is 3.81. The van der Waals surface area contributed by atoms with Crippen molar-refractivity contribution in [2.24, 2.45) is 10.7 Å². The molecule has 0 saturated heterocycles. The predicted molar refractivity (Wildman–Crippen MR) is 116 cm³/mol. The molecule has 2 aromatic rings. The van der Waals surface area contributed by atoms with Crippen LogP contribution in [0.15, 0.2) is 17.1 Å². The SMILES string of the molecule is CSC(N)=Nc1nc(-c2cc(C(C)(C)C)c(O)c(C(C)(C)C)c2)ns1.Cl. The molecule has 1 aromatic heterocycles. The van der Waals surface area contributed by atoms with Gasteiger partial charge < -0.3 is 10.8 Å². The molecule has 2 rings (SSSR count). The average molecular weight is 415 g/mol. The van der Waals surface area contributed by atoms with Gasteiger partial charge in [0.05, 0.1) is 0 Å². The molecule has 0 bridgehead atoms. The van der Waals surface area contributed by atoms with E-state index in [0.717, 1.165) is 16.7 Å². The van der Waals surface area contributed by atoms with Crippen LogP contribution in [0.2, 0.25) is 0 Å². The van der Waals surface area contributed by atoms with Crippen LogP contribution in [-0.2, 0) is 10.8 Å². The number of thioether (sulfide) groups is 1. The molecule has 1 heterocycles. The van der Waals surface area contributed by atoms with Crippen LogP contribution in [0.1, 0.15) is 52.7 Å². The molecular formula is C18H27ClN4OS2. The van der Waals surface area contributed by atoms with Crippen molar-refractivity contribution in [3.8, 4) is 17.1 Å². The second kappa shape index (κ2) is 8.15. The fourth-order valence-electron chi connectivity index (χ4n) is 2.43. The van der Waals surface area contributed by atoms with Crippen molar-refractivity contribution in [3.05, 3.63) is 23.3 Å². The summed E-state index contributed by atoms with van der Waals surface area (Å²) >= 11 is 2.59. The largest absolute Gasteiger partial charge is 0.507 e. The van der Waals surface area contributed by atoms with E-state index < -0.39 is 0 Å². The molecule has 0 fully saturated rings. The van der Waals surface area contributed by atoms with Crippen LogP contribution in [0.5, 0.6) is 5.75 Å². The fourth-order valence-corrected chi connectivity index (χ4v) is 3.24. The summed E-state index contributed by atoms with van der Waals surface area (Å²) in [4.78, 5) is 8.73. The topological polar surface area (TPSA) is 84.4 Å². The molecule has 1 aromatic carbocycles. The molecule has 0 radical (unpaired) electrons. The van der Waals surface area contributed by atoms with E-state index in [-0.39, 0.29) is 23.2 Å². The Balaban J connectivity index is 0.00000338. The van der Waals surface area contributed by atoms with E-state index in [2.05, 4.69) is 55.9 Å². The van der Waals surface area contributed by atoms with Gasteiger partial charge in [0.1, 0.15) is 5.75 Å². The van der Waals surface area contributed by atoms with Crippen molar-refractivity contribution in [3.63, 3.8) is 0 Å². The normalized spacial score (nSPS) is 12.8. The lowest BCUT2D eigenvalue weighted by Gasteiger charge is -2.27. The van der Waals surface area contributed by atoms with Crippen molar-refractivity contribution in [1.82, 2.24) is 9.36 Å². The maximum Gasteiger partial charge on any atom is 0.231 e. The maximum atomic E-state index is 10.8. The smallest absolute Gasteiger partial charge is 0.231 e. The second-order valence-electron chi connectivity index (χ2n) is 7.97. The highest BCUT2D eigenvalue weighted by atomic mass is 35.5. The first-order valence-corrected chi connectivity index (χ1v) is 10.0. The standard InChI is InChI=1S/C18H26N4OS2.ClH/c1-17(2,3)11-8-10(9-12(13(11)23)18(4,5)6)14-20-16(25-22-14)21-15(19)24-7;/h8-9,23H,1-7H3,(H2,19,20,21,22);1H. The molecule has 8 heteroatoms. The van der Waals surface area contributed by atoms with E-state index in [1.54, 1.807) is 0 Å². The van der Waals surface area contributed by atoms with Gasteiger partial charge in [-0.15, -0.1) is 12.4 Å². The quantitative estimate of drug-likeness (QED) is 0.518. The minimum absolute atomic E-state index is 0. The van der Waals surface area contributed by atoms with Crippen LogP contribution < -0.4 is 5.73 Å². The van der Waals surface area contributed by atoms with Gasteiger partial charge in [-0.1, -0.05) is 53.3 Å². The molecule has 0 spiro atoms. The molecule has 0 saturated carbocycles. The Morgan fingerprint density at radius 2 is 1.62 bits per heavy atom. The number of rotatable bonds is 2. The van der Waals surface area contributed by atoms with Crippen LogP contribution in [-0.4, -0.2) is 25.9 Å². The zero-order chi connectivity index (χ0) is 19.0. The van der Waals surface area contributed by atoms with Gasteiger partial charge in [-0.25, -0.2) is 0 Å². The van der Waals surface area contributed by atoms with Crippen LogP contribution in [0.3, 0.4) is 0 Å². The van der Waals surface area contributed by atoms with E-state index in [4.69, 9.17) is 5.73 Å². The monoisotopic (exact) mass is 414 g/mol. The highest BCUT2D eigenvalue weighted by molar-refractivity contribution is 8.13. The maximum absolute atomic E-state index is 10.8. The number of phenolic OH excluding ortho intramolecular Hbond substituents is 1. The number of aromatic hydroxyl groups is 1. The van der Waals surface area contributed by atoms with Gasteiger partial charge in [-0.3, -0.25) is 0 Å². The first-order valence-electron chi connectivity index (χ1n) is 8.03. The number of halogens is 1. The first-order chi connectivity index (χ1) is 11.4. The highest BCUT2D eigenvalue weighted by Gasteiger charge is 2.27. The third kappa shape index (κ3) is 5.11. The Morgan fingerprint density at radius 1 is 1.12 bits per heavy atom. The average Bonchev–Trinajstić information content (AvgIpc) is 2.93. The molecule has 0 aliphatic carbocycles. The van der Waals surface area contributed by atoms with Gasteiger partial charge in [-0.05, 0) is 29.2 Å². The number of aliphatic imine (C=N–C) groups is 1. The number of nitrogens with two attached hydrogens (primary N) is 1. The number of amidine groups is 1. The van der Waals surface area contributed by atoms with Gasteiger partial charge in [0.15, 0.2) is 11.0 Å². The van der Waals surface area contributed by atoms with Crippen LogP contribution >= 0.6 is 35.7 Å². The summed E-state index contributed by atoms with van der Waals surface area (Å²) < 4.78 is 4.43. The molecule has 0 amide bonds. The summed E-state index contributed by atoms with van der Waals surface area (Å²) in [6.07, 6.45) is 1.87. The van der Waals surface area contributed by atoms with Crippen molar-refractivity contribution in [1.29, 1.82) is 0 Å². The number of phenols is 1. The number of hydrogen-bond acceptors (Lipinski definition) is 6. The summed E-state index contributed by atoms with van der Waals surface area (Å²) in [7, 11) is 0. The first kappa shape index (κ1) is 22.7. The number of nitrogens with zero attached hydrogens (tertiary/aromatic N) is 3. The Hall–Kier alpha value is -1.31. The molecule has 144 valence electrons. The fraction of sp³-hybridized carbons (Fsp3) is 0.500. The molecular weight excluding hydrogens is 388 g/mol. The Morgan fingerprint density at radius 3 is 2.04 bits per heavy atom. The van der Waals surface area contributed by atoms with Gasteiger partial charge in [0.2, 0.25) is 5.13 Å². The number of aromatic nitrogens is 2. The molecule has 0 aliphatic rings. The lowest BCUT2D eigenvalue weighted by Crippen LogP contribution is -2.17.